The second-order valence-electron chi connectivity index (χ2n) is 3.47. The van der Waals surface area contributed by atoms with Crippen LogP contribution in [0.15, 0.2) is 30.3 Å². The Morgan fingerprint density at radius 3 is 2.74 bits per heavy atom. The lowest BCUT2D eigenvalue weighted by Crippen LogP contribution is -2.46. The number of hydrogen-bond acceptors (Lipinski definition) is 4. The van der Waals surface area contributed by atoms with Crippen molar-refractivity contribution < 1.29 is 9.53 Å². The molecule has 1 rings (SSSR count). The number of amides is 1. The lowest BCUT2D eigenvalue weighted by atomic mass is 10.3. The molecule has 0 spiro atoms. The highest BCUT2D eigenvalue weighted by atomic mass is 32.2. The predicted octanol–water partition coefficient (Wildman–Crippen LogP) is 0.924. The van der Waals surface area contributed by atoms with Crippen LogP contribution in [0, 0.1) is 0 Å². The standard InChI is InChI=1S/C12H17N3O2S2/c1-13-12(18)15-14-11(16)9-19-8-7-17-10-5-3-2-4-6-10/h2-6H,7-9H2,1H3,(H,14,16)(H2,13,15,18). The number of thiocarbonyl (C=S) groups is 1. The number of para-hydroxylation sites is 1. The van der Waals surface area contributed by atoms with Gasteiger partial charge in [-0.05, 0) is 24.4 Å². The van der Waals surface area contributed by atoms with E-state index in [1.807, 2.05) is 30.3 Å². The zero-order chi connectivity index (χ0) is 13.9. The van der Waals surface area contributed by atoms with Crippen molar-refractivity contribution in [3.63, 3.8) is 0 Å². The number of carbonyl (C=O) groups is 1. The molecule has 5 nitrogen and oxygen atoms in total. The number of nitrogens with one attached hydrogen (secondary N) is 3. The molecule has 1 amide bonds. The summed E-state index contributed by atoms with van der Waals surface area (Å²) in [5.74, 6) is 1.83. The van der Waals surface area contributed by atoms with Gasteiger partial charge in [-0.1, -0.05) is 18.2 Å². The molecule has 104 valence electrons. The lowest BCUT2D eigenvalue weighted by Gasteiger charge is -2.08. The molecule has 0 aromatic heterocycles. The van der Waals surface area contributed by atoms with Crippen LogP contribution < -0.4 is 20.9 Å². The zero-order valence-corrected chi connectivity index (χ0v) is 12.3. The first-order chi connectivity index (χ1) is 9.22. The van der Waals surface area contributed by atoms with Crippen molar-refractivity contribution in [3.05, 3.63) is 30.3 Å². The molecule has 7 heteroatoms. The molecule has 0 radical (unpaired) electrons. The van der Waals surface area contributed by atoms with Crippen molar-refractivity contribution in [2.24, 2.45) is 0 Å². The normalized spacial score (nSPS) is 9.53. The van der Waals surface area contributed by atoms with Crippen LogP contribution in [0.2, 0.25) is 0 Å². The Morgan fingerprint density at radius 1 is 1.32 bits per heavy atom. The summed E-state index contributed by atoms with van der Waals surface area (Å²) in [6, 6.07) is 9.59. The van der Waals surface area contributed by atoms with E-state index in [4.69, 9.17) is 17.0 Å². The van der Waals surface area contributed by atoms with Gasteiger partial charge in [0, 0.05) is 12.8 Å². The summed E-state index contributed by atoms with van der Waals surface area (Å²) in [6.45, 7) is 0.574. The van der Waals surface area contributed by atoms with E-state index in [0.717, 1.165) is 11.5 Å². The van der Waals surface area contributed by atoms with E-state index in [1.165, 1.54) is 11.8 Å². The minimum absolute atomic E-state index is 0.123. The van der Waals surface area contributed by atoms with Gasteiger partial charge in [0.2, 0.25) is 5.91 Å². The first-order valence-corrected chi connectivity index (χ1v) is 7.31. The summed E-state index contributed by atoms with van der Waals surface area (Å²) >= 11 is 6.32. The van der Waals surface area contributed by atoms with Crippen LogP contribution in [-0.4, -0.2) is 36.2 Å². The summed E-state index contributed by atoms with van der Waals surface area (Å²) in [5, 5.41) is 3.07. The lowest BCUT2D eigenvalue weighted by molar-refractivity contribution is -0.119. The molecule has 1 aromatic carbocycles. The van der Waals surface area contributed by atoms with Gasteiger partial charge in [-0.3, -0.25) is 15.6 Å². The van der Waals surface area contributed by atoms with Crippen LogP contribution in [0.1, 0.15) is 0 Å². The Bertz CT molecular complexity index is 401. The van der Waals surface area contributed by atoms with Gasteiger partial charge in [0.25, 0.3) is 0 Å². The smallest absolute Gasteiger partial charge is 0.248 e. The van der Waals surface area contributed by atoms with Crippen molar-refractivity contribution in [2.45, 2.75) is 0 Å². The molecule has 0 unspecified atom stereocenters. The molecule has 0 saturated heterocycles. The summed E-state index contributed by atoms with van der Waals surface area (Å²) in [4.78, 5) is 11.4. The van der Waals surface area contributed by atoms with Gasteiger partial charge < -0.3 is 10.1 Å². The van der Waals surface area contributed by atoms with Gasteiger partial charge in [0.05, 0.1) is 12.4 Å². The quantitative estimate of drug-likeness (QED) is 0.412. The number of thioether (sulfide) groups is 1. The van der Waals surface area contributed by atoms with Crippen LogP contribution in [0.5, 0.6) is 5.75 Å². The van der Waals surface area contributed by atoms with E-state index in [9.17, 15) is 4.79 Å². The zero-order valence-electron chi connectivity index (χ0n) is 10.6. The van der Waals surface area contributed by atoms with E-state index in [1.54, 1.807) is 7.05 Å². The maximum absolute atomic E-state index is 11.4. The fourth-order valence-electron chi connectivity index (χ4n) is 1.13. The molecule has 1 aromatic rings. The van der Waals surface area contributed by atoms with Crippen LogP contribution >= 0.6 is 24.0 Å². The highest BCUT2D eigenvalue weighted by molar-refractivity contribution is 7.99. The maximum Gasteiger partial charge on any atom is 0.248 e. The summed E-state index contributed by atoms with van der Waals surface area (Å²) in [6.07, 6.45) is 0. The van der Waals surface area contributed by atoms with E-state index < -0.39 is 0 Å². The molecule has 19 heavy (non-hydrogen) atoms. The number of ether oxygens (including phenoxy) is 1. The summed E-state index contributed by atoms with van der Waals surface area (Å²) in [7, 11) is 1.68. The van der Waals surface area contributed by atoms with E-state index in [2.05, 4.69) is 16.2 Å². The number of benzene rings is 1. The van der Waals surface area contributed by atoms with Crippen molar-refractivity contribution in [1.29, 1.82) is 0 Å². The van der Waals surface area contributed by atoms with Crippen molar-refractivity contribution >= 4 is 35.0 Å². The molecule has 0 aliphatic heterocycles. The van der Waals surface area contributed by atoms with E-state index >= 15 is 0 Å². The number of carbonyl (C=O) groups excluding carboxylic acids is 1. The Hall–Kier alpha value is -1.47. The van der Waals surface area contributed by atoms with Gasteiger partial charge in [0.15, 0.2) is 5.11 Å². The highest BCUT2D eigenvalue weighted by Gasteiger charge is 2.01. The molecule has 0 heterocycles. The number of hydrazine groups is 1. The van der Waals surface area contributed by atoms with E-state index in [-0.39, 0.29) is 5.91 Å². The van der Waals surface area contributed by atoms with Crippen LogP contribution in [0.4, 0.5) is 0 Å². The van der Waals surface area contributed by atoms with Crippen molar-refractivity contribution in [3.8, 4) is 5.75 Å². The molecule has 0 aliphatic carbocycles. The summed E-state index contributed by atoms with van der Waals surface area (Å²) < 4.78 is 5.50. The number of rotatable bonds is 6. The Kier molecular flexibility index (Phi) is 7.76. The first kappa shape index (κ1) is 15.6. The molecule has 3 N–H and O–H groups in total. The van der Waals surface area contributed by atoms with Gasteiger partial charge in [-0.25, -0.2) is 0 Å². The van der Waals surface area contributed by atoms with Crippen molar-refractivity contribution in [2.75, 3.05) is 25.2 Å². The fraction of sp³-hybridized carbons (Fsp3) is 0.333. The topological polar surface area (TPSA) is 62.4 Å². The van der Waals surface area contributed by atoms with Gasteiger partial charge in [0.1, 0.15) is 5.75 Å². The molecular formula is C12H17N3O2S2. The molecule has 0 bridgehead atoms. The molecule has 0 fully saturated rings. The Labute approximate surface area is 122 Å². The average molecular weight is 299 g/mol. The first-order valence-electron chi connectivity index (χ1n) is 5.74. The molecule has 0 atom stereocenters. The van der Waals surface area contributed by atoms with Crippen LogP contribution in [-0.2, 0) is 4.79 Å². The second kappa shape index (κ2) is 9.46. The molecule has 0 saturated carbocycles. The fourth-order valence-corrected chi connectivity index (χ4v) is 1.78. The average Bonchev–Trinajstić information content (AvgIpc) is 2.45. The van der Waals surface area contributed by atoms with Crippen LogP contribution in [0.25, 0.3) is 0 Å². The molecular weight excluding hydrogens is 282 g/mol. The molecule has 0 aliphatic rings. The SMILES string of the molecule is CNC(=S)NNC(=O)CSCCOc1ccccc1. The third-order valence-electron chi connectivity index (χ3n) is 2.02. The van der Waals surface area contributed by atoms with Gasteiger partial charge >= 0.3 is 0 Å². The third kappa shape index (κ3) is 7.53. The Balaban J connectivity index is 2.01. The highest BCUT2D eigenvalue weighted by Crippen LogP contribution is 2.09. The van der Waals surface area contributed by atoms with E-state index in [0.29, 0.717) is 17.5 Å². The number of hydrogen-bond donors (Lipinski definition) is 3. The van der Waals surface area contributed by atoms with Gasteiger partial charge in [-0.15, -0.1) is 11.8 Å². The predicted molar refractivity (Wildman–Crippen MR) is 82.2 cm³/mol. The maximum atomic E-state index is 11.4. The summed E-state index contributed by atoms with van der Waals surface area (Å²) in [5.41, 5.74) is 5.06. The van der Waals surface area contributed by atoms with Crippen LogP contribution in [0.3, 0.4) is 0 Å². The monoisotopic (exact) mass is 299 g/mol. The Morgan fingerprint density at radius 2 is 2.05 bits per heavy atom. The second-order valence-corrected chi connectivity index (χ2v) is 4.98. The minimum Gasteiger partial charge on any atom is -0.493 e. The third-order valence-corrected chi connectivity index (χ3v) is 3.24. The van der Waals surface area contributed by atoms with Gasteiger partial charge in [-0.2, -0.15) is 0 Å². The minimum atomic E-state index is -0.123. The largest absolute Gasteiger partial charge is 0.493 e. The van der Waals surface area contributed by atoms with Crippen molar-refractivity contribution in [1.82, 2.24) is 16.2 Å².